The Morgan fingerprint density at radius 3 is 2.61 bits per heavy atom. The van der Waals surface area contributed by atoms with E-state index >= 15 is 0 Å². The summed E-state index contributed by atoms with van der Waals surface area (Å²) in [4.78, 5) is 21.9. The first-order valence-electron chi connectivity index (χ1n) is 7.62. The minimum Gasteiger partial charge on any atom is -0.469 e. The van der Waals surface area contributed by atoms with Gasteiger partial charge in [-0.1, -0.05) is 0 Å². The van der Waals surface area contributed by atoms with Crippen molar-refractivity contribution in [1.29, 1.82) is 0 Å². The lowest BCUT2D eigenvalue weighted by Crippen LogP contribution is -2.48. The van der Waals surface area contributed by atoms with E-state index in [0.29, 0.717) is 31.2 Å². The summed E-state index contributed by atoms with van der Waals surface area (Å²) in [5, 5.41) is 0. The van der Waals surface area contributed by atoms with Crippen LogP contribution >= 0.6 is 0 Å². The molecule has 0 saturated carbocycles. The molecule has 1 aliphatic rings. The zero-order chi connectivity index (χ0) is 17.4. The van der Waals surface area contributed by atoms with E-state index in [1.54, 1.807) is 4.90 Å². The highest BCUT2D eigenvalue weighted by molar-refractivity contribution is 5.68. The molecule has 23 heavy (non-hydrogen) atoms. The van der Waals surface area contributed by atoms with E-state index < -0.39 is 11.2 Å². The number of hydrogen-bond donors (Lipinski definition) is 2. The van der Waals surface area contributed by atoms with Gasteiger partial charge in [-0.2, -0.15) is 9.97 Å². The fourth-order valence-corrected chi connectivity index (χ4v) is 2.51. The van der Waals surface area contributed by atoms with E-state index in [4.69, 9.17) is 20.9 Å². The number of anilines is 2. The van der Waals surface area contributed by atoms with Gasteiger partial charge < -0.3 is 25.8 Å². The molecule has 4 N–H and O–H groups in total. The predicted molar refractivity (Wildman–Crippen MR) is 87.1 cm³/mol. The third-order valence-corrected chi connectivity index (χ3v) is 3.47. The summed E-state index contributed by atoms with van der Waals surface area (Å²) < 4.78 is 11.3. The van der Waals surface area contributed by atoms with E-state index in [1.165, 1.54) is 0 Å². The third kappa shape index (κ3) is 3.94. The van der Waals surface area contributed by atoms with Crippen LogP contribution in [-0.2, 0) is 11.2 Å². The molecule has 0 unspecified atom stereocenters. The third-order valence-electron chi connectivity index (χ3n) is 3.47. The van der Waals surface area contributed by atoms with E-state index in [-0.39, 0.29) is 12.0 Å². The van der Waals surface area contributed by atoms with Crippen molar-refractivity contribution < 1.29 is 14.3 Å². The summed E-state index contributed by atoms with van der Waals surface area (Å²) in [6.07, 6.45) is 0.132. The highest BCUT2D eigenvalue weighted by Gasteiger charge is 2.40. The number of hydrogen-bond acceptors (Lipinski definition) is 7. The normalized spacial score (nSPS) is 19.9. The molecular weight excluding hydrogens is 298 g/mol. The number of fused-ring (bicyclic) bond motifs is 1. The van der Waals surface area contributed by atoms with Crippen LogP contribution in [0.25, 0.3) is 0 Å². The Kier molecular flexibility index (Phi) is 4.28. The summed E-state index contributed by atoms with van der Waals surface area (Å²) in [6.45, 7) is 10.2. The van der Waals surface area contributed by atoms with Crippen LogP contribution in [0.3, 0.4) is 0 Å². The molecule has 0 bridgehead atoms. The van der Waals surface area contributed by atoms with Crippen LogP contribution in [0.1, 0.15) is 40.2 Å². The molecule has 1 amide bonds. The Labute approximate surface area is 136 Å². The molecule has 1 aliphatic heterocycles. The van der Waals surface area contributed by atoms with Gasteiger partial charge in [-0.3, -0.25) is 0 Å². The van der Waals surface area contributed by atoms with Gasteiger partial charge in [0.2, 0.25) is 11.8 Å². The lowest BCUT2D eigenvalue weighted by atomic mass is 9.99. The van der Waals surface area contributed by atoms with Crippen molar-refractivity contribution >= 4 is 17.9 Å². The summed E-state index contributed by atoms with van der Waals surface area (Å²) in [6, 6.07) is 0. The standard InChI is InChI=1S/C15H25N5O3/c1-6-20(13(21)23-14(2,3)4)8-15(5)7-9-10(16)18-12(17)19-11(9)22-15/h6-8H2,1-5H3,(H4,16,17,18,19)/t15-/m0/s1. The van der Waals surface area contributed by atoms with Crippen molar-refractivity contribution in [3.8, 4) is 5.88 Å². The van der Waals surface area contributed by atoms with Crippen LogP contribution in [0.4, 0.5) is 16.6 Å². The summed E-state index contributed by atoms with van der Waals surface area (Å²) in [7, 11) is 0. The van der Waals surface area contributed by atoms with Gasteiger partial charge in [0, 0.05) is 13.0 Å². The van der Waals surface area contributed by atoms with Crippen LogP contribution in [0, 0.1) is 0 Å². The molecule has 0 radical (unpaired) electrons. The Morgan fingerprint density at radius 2 is 2.04 bits per heavy atom. The number of nitrogens with two attached hydrogens (primary N) is 2. The molecule has 2 heterocycles. The summed E-state index contributed by atoms with van der Waals surface area (Å²) in [5.41, 5.74) is 11.0. The molecule has 0 spiro atoms. The van der Waals surface area contributed by atoms with Gasteiger partial charge in [0.1, 0.15) is 17.0 Å². The van der Waals surface area contributed by atoms with Crippen LogP contribution in [-0.4, -0.2) is 45.3 Å². The van der Waals surface area contributed by atoms with Crippen molar-refractivity contribution in [2.45, 2.75) is 52.2 Å². The van der Waals surface area contributed by atoms with Gasteiger partial charge in [0.25, 0.3) is 0 Å². The number of aromatic nitrogens is 2. The maximum absolute atomic E-state index is 12.3. The van der Waals surface area contributed by atoms with Crippen LogP contribution in [0.2, 0.25) is 0 Å². The highest BCUT2D eigenvalue weighted by atomic mass is 16.6. The zero-order valence-electron chi connectivity index (χ0n) is 14.3. The number of carbonyl (C=O) groups excluding carboxylic acids is 1. The van der Waals surface area contributed by atoms with Crippen LogP contribution in [0.15, 0.2) is 0 Å². The summed E-state index contributed by atoms with van der Waals surface area (Å²) in [5.74, 6) is 0.777. The molecule has 0 saturated heterocycles. The molecule has 1 aromatic rings. The lowest BCUT2D eigenvalue weighted by molar-refractivity contribution is 0.00552. The molecule has 0 aromatic carbocycles. The minimum absolute atomic E-state index is 0.0741. The van der Waals surface area contributed by atoms with Crippen molar-refractivity contribution in [3.05, 3.63) is 5.56 Å². The Morgan fingerprint density at radius 1 is 1.39 bits per heavy atom. The smallest absolute Gasteiger partial charge is 0.410 e. The molecule has 0 aliphatic carbocycles. The number of nitrogens with zero attached hydrogens (tertiary/aromatic N) is 3. The number of nitrogen functional groups attached to an aromatic ring is 2. The van der Waals surface area contributed by atoms with Crippen molar-refractivity contribution in [1.82, 2.24) is 14.9 Å². The van der Waals surface area contributed by atoms with Crippen molar-refractivity contribution in [3.63, 3.8) is 0 Å². The van der Waals surface area contributed by atoms with Gasteiger partial charge in [-0.05, 0) is 34.6 Å². The predicted octanol–water partition coefficient (Wildman–Crippen LogP) is 1.59. The number of rotatable bonds is 3. The average molecular weight is 323 g/mol. The van der Waals surface area contributed by atoms with E-state index in [0.717, 1.165) is 5.56 Å². The molecular formula is C15H25N5O3. The lowest BCUT2D eigenvalue weighted by Gasteiger charge is -2.32. The second kappa shape index (κ2) is 5.75. The van der Waals surface area contributed by atoms with E-state index in [9.17, 15) is 4.79 Å². The Balaban J connectivity index is 2.13. The quantitative estimate of drug-likeness (QED) is 0.867. The highest BCUT2D eigenvalue weighted by Crippen LogP contribution is 2.37. The average Bonchev–Trinajstić information content (AvgIpc) is 2.71. The van der Waals surface area contributed by atoms with Gasteiger partial charge in [-0.15, -0.1) is 0 Å². The first-order valence-corrected chi connectivity index (χ1v) is 7.62. The Hall–Kier alpha value is -2.25. The van der Waals surface area contributed by atoms with Gasteiger partial charge in [0.15, 0.2) is 0 Å². The molecule has 8 heteroatoms. The molecule has 128 valence electrons. The van der Waals surface area contributed by atoms with Crippen LogP contribution < -0.4 is 16.2 Å². The topological polar surface area (TPSA) is 117 Å². The molecule has 2 rings (SSSR count). The second-order valence-corrected chi connectivity index (χ2v) is 6.97. The number of ether oxygens (including phenoxy) is 2. The van der Waals surface area contributed by atoms with Crippen molar-refractivity contribution in [2.75, 3.05) is 24.6 Å². The van der Waals surface area contributed by atoms with Gasteiger partial charge in [0.05, 0.1) is 12.1 Å². The second-order valence-electron chi connectivity index (χ2n) is 6.97. The van der Waals surface area contributed by atoms with Crippen LogP contribution in [0.5, 0.6) is 5.88 Å². The van der Waals surface area contributed by atoms with E-state index in [2.05, 4.69) is 9.97 Å². The maximum Gasteiger partial charge on any atom is 0.410 e. The van der Waals surface area contributed by atoms with E-state index in [1.807, 2.05) is 34.6 Å². The first kappa shape index (κ1) is 17.1. The molecule has 1 atom stereocenters. The molecule has 1 aromatic heterocycles. The first-order chi connectivity index (χ1) is 10.5. The summed E-state index contributed by atoms with van der Waals surface area (Å²) >= 11 is 0. The minimum atomic E-state index is -0.647. The molecule has 8 nitrogen and oxygen atoms in total. The Bertz CT molecular complexity index is 614. The van der Waals surface area contributed by atoms with Gasteiger partial charge in [-0.25, -0.2) is 4.79 Å². The largest absolute Gasteiger partial charge is 0.469 e. The zero-order valence-corrected chi connectivity index (χ0v) is 14.3. The van der Waals surface area contributed by atoms with Gasteiger partial charge >= 0.3 is 6.09 Å². The fourth-order valence-electron chi connectivity index (χ4n) is 2.51. The SMILES string of the molecule is CCN(C[C@]1(C)Cc2c(N)nc(N)nc2O1)C(=O)OC(C)(C)C. The number of carbonyl (C=O) groups is 1. The number of amides is 1. The van der Waals surface area contributed by atoms with Crippen molar-refractivity contribution in [2.24, 2.45) is 0 Å². The molecule has 0 fully saturated rings. The monoisotopic (exact) mass is 323 g/mol. The fraction of sp³-hybridized carbons (Fsp3) is 0.667. The number of likely N-dealkylation sites (N-methyl/N-ethyl adjacent to an activating group) is 1. The maximum atomic E-state index is 12.3.